The number of hydrogen-bond acceptors (Lipinski definition) is 3. The Morgan fingerprint density at radius 1 is 1.50 bits per heavy atom. The SMILES string of the molecule is CC(C)(C)Oc1ccnc(F)c1C=O. The molecule has 1 aromatic heterocycles. The molecule has 0 aliphatic heterocycles. The molecule has 1 rings (SSSR count). The molecule has 0 saturated carbocycles. The van der Waals surface area contributed by atoms with Crippen LogP contribution in [0.1, 0.15) is 31.1 Å². The third-order valence-corrected chi connectivity index (χ3v) is 1.44. The highest BCUT2D eigenvalue weighted by Crippen LogP contribution is 2.22. The first kappa shape index (κ1) is 10.6. The number of pyridine rings is 1. The van der Waals surface area contributed by atoms with Crippen molar-refractivity contribution in [2.24, 2.45) is 0 Å². The molecule has 0 atom stereocenters. The number of halogens is 1. The number of carbonyl (C=O) groups is 1. The van der Waals surface area contributed by atoms with Crippen molar-refractivity contribution in [1.82, 2.24) is 4.98 Å². The summed E-state index contributed by atoms with van der Waals surface area (Å²) < 4.78 is 18.4. The molecule has 0 radical (unpaired) electrons. The van der Waals surface area contributed by atoms with Crippen LogP contribution in [0.3, 0.4) is 0 Å². The Morgan fingerprint density at radius 2 is 2.14 bits per heavy atom. The van der Waals surface area contributed by atoms with E-state index >= 15 is 0 Å². The average Bonchev–Trinajstić information content (AvgIpc) is 2.01. The van der Waals surface area contributed by atoms with Gasteiger partial charge in [0.25, 0.3) is 0 Å². The predicted molar refractivity (Wildman–Crippen MR) is 50.0 cm³/mol. The molecule has 1 heterocycles. The maximum absolute atomic E-state index is 13.0. The molecular formula is C10H12FNO2. The Balaban J connectivity index is 3.08. The molecule has 76 valence electrons. The van der Waals surface area contributed by atoms with Crippen LogP contribution >= 0.6 is 0 Å². The second-order valence-electron chi connectivity index (χ2n) is 3.85. The van der Waals surface area contributed by atoms with Gasteiger partial charge in [0.1, 0.15) is 16.9 Å². The van der Waals surface area contributed by atoms with Gasteiger partial charge >= 0.3 is 0 Å². The summed E-state index contributed by atoms with van der Waals surface area (Å²) in [6.45, 7) is 5.46. The van der Waals surface area contributed by atoms with Crippen LogP contribution in [-0.4, -0.2) is 16.9 Å². The lowest BCUT2D eigenvalue weighted by Gasteiger charge is -2.21. The van der Waals surface area contributed by atoms with E-state index in [0.29, 0.717) is 6.29 Å². The molecule has 0 saturated heterocycles. The molecule has 14 heavy (non-hydrogen) atoms. The number of carbonyl (C=O) groups excluding carboxylic acids is 1. The molecule has 0 N–H and O–H groups in total. The minimum Gasteiger partial charge on any atom is -0.487 e. The standard InChI is InChI=1S/C10H12FNO2/c1-10(2,3)14-8-4-5-12-9(11)7(8)6-13/h4-6H,1-3H3. The highest BCUT2D eigenvalue weighted by Gasteiger charge is 2.16. The van der Waals surface area contributed by atoms with Crippen molar-refractivity contribution in [3.63, 3.8) is 0 Å². The van der Waals surface area contributed by atoms with E-state index < -0.39 is 11.5 Å². The zero-order valence-electron chi connectivity index (χ0n) is 8.37. The van der Waals surface area contributed by atoms with Crippen molar-refractivity contribution < 1.29 is 13.9 Å². The molecule has 0 amide bonds. The van der Waals surface area contributed by atoms with Crippen LogP contribution in [0, 0.1) is 5.95 Å². The smallest absolute Gasteiger partial charge is 0.227 e. The lowest BCUT2D eigenvalue weighted by Crippen LogP contribution is -2.24. The first-order chi connectivity index (χ1) is 6.44. The molecule has 3 nitrogen and oxygen atoms in total. The molecule has 0 unspecified atom stereocenters. The van der Waals surface area contributed by atoms with Crippen LogP contribution in [0.2, 0.25) is 0 Å². The fourth-order valence-corrected chi connectivity index (χ4v) is 0.957. The average molecular weight is 197 g/mol. The van der Waals surface area contributed by atoms with Crippen molar-refractivity contribution in [2.75, 3.05) is 0 Å². The van der Waals surface area contributed by atoms with E-state index in [1.165, 1.54) is 12.3 Å². The number of ether oxygens (including phenoxy) is 1. The van der Waals surface area contributed by atoms with Gasteiger partial charge in [-0.15, -0.1) is 0 Å². The number of hydrogen-bond donors (Lipinski definition) is 0. The van der Waals surface area contributed by atoms with Gasteiger partial charge in [0, 0.05) is 6.20 Å². The Labute approximate surface area is 81.9 Å². The third-order valence-electron chi connectivity index (χ3n) is 1.44. The first-order valence-corrected chi connectivity index (χ1v) is 4.23. The summed E-state index contributed by atoms with van der Waals surface area (Å²) in [6.07, 6.45) is 1.67. The van der Waals surface area contributed by atoms with Crippen LogP contribution in [0.5, 0.6) is 5.75 Å². The maximum Gasteiger partial charge on any atom is 0.227 e. The summed E-state index contributed by atoms with van der Waals surface area (Å²) in [6, 6.07) is 1.47. The van der Waals surface area contributed by atoms with Crippen LogP contribution in [0.15, 0.2) is 12.3 Å². The molecule has 0 aliphatic rings. The van der Waals surface area contributed by atoms with Gasteiger partial charge in [-0.3, -0.25) is 4.79 Å². The summed E-state index contributed by atoms with van der Waals surface area (Å²) in [7, 11) is 0. The zero-order chi connectivity index (χ0) is 10.8. The largest absolute Gasteiger partial charge is 0.487 e. The van der Waals surface area contributed by atoms with E-state index in [-0.39, 0.29) is 11.3 Å². The number of aldehydes is 1. The minimum absolute atomic E-state index is 0.137. The molecule has 0 aliphatic carbocycles. The summed E-state index contributed by atoms with van der Waals surface area (Å²) in [5.74, 6) is -0.582. The zero-order valence-corrected chi connectivity index (χ0v) is 8.37. The molecule has 1 aromatic rings. The first-order valence-electron chi connectivity index (χ1n) is 4.23. The predicted octanol–water partition coefficient (Wildman–Crippen LogP) is 2.21. The molecular weight excluding hydrogens is 185 g/mol. The second kappa shape index (κ2) is 3.74. The van der Waals surface area contributed by atoms with Crippen molar-refractivity contribution in [2.45, 2.75) is 26.4 Å². The van der Waals surface area contributed by atoms with Crippen molar-refractivity contribution in [3.8, 4) is 5.75 Å². The van der Waals surface area contributed by atoms with Crippen LogP contribution in [-0.2, 0) is 0 Å². The van der Waals surface area contributed by atoms with Crippen molar-refractivity contribution in [3.05, 3.63) is 23.8 Å². The quantitative estimate of drug-likeness (QED) is 0.539. The fourth-order valence-electron chi connectivity index (χ4n) is 0.957. The van der Waals surface area contributed by atoms with E-state index in [2.05, 4.69) is 4.98 Å². The van der Waals surface area contributed by atoms with E-state index in [1.54, 1.807) is 0 Å². The molecule has 0 spiro atoms. The van der Waals surface area contributed by atoms with Crippen molar-refractivity contribution >= 4 is 6.29 Å². The van der Waals surface area contributed by atoms with Crippen LogP contribution in [0.25, 0.3) is 0 Å². The van der Waals surface area contributed by atoms with Crippen LogP contribution in [0.4, 0.5) is 4.39 Å². The maximum atomic E-state index is 13.0. The van der Waals surface area contributed by atoms with Crippen molar-refractivity contribution in [1.29, 1.82) is 0 Å². The molecule has 0 aromatic carbocycles. The second-order valence-corrected chi connectivity index (χ2v) is 3.85. The van der Waals surface area contributed by atoms with E-state index in [1.807, 2.05) is 20.8 Å². The molecule has 0 bridgehead atoms. The third kappa shape index (κ3) is 2.52. The topological polar surface area (TPSA) is 39.2 Å². The molecule has 0 fully saturated rings. The highest BCUT2D eigenvalue weighted by atomic mass is 19.1. The summed E-state index contributed by atoms with van der Waals surface area (Å²) in [5.41, 5.74) is -0.603. The van der Waals surface area contributed by atoms with Gasteiger partial charge in [0.2, 0.25) is 5.95 Å². The lowest BCUT2D eigenvalue weighted by molar-refractivity contribution is 0.108. The lowest BCUT2D eigenvalue weighted by atomic mass is 10.2. The van der Waals surface area contributed by atoms with Gasteiger partial charge in [0.05, 0.1) is 0 Å². The monoisotopic (exact) mass is 197 g/mol. The fraction of sp³-hybridized carbons (Fsp3) is 0.400. The number of aromatic nitrogens is 1. The van der Waals surface area contributed by atoms with Gasteiger partial charge in [-0.25, -0.2) is 4.98 Å². The van der Waals surface area contributed by atoms with Gasteiger partial charge < -0.3 is 4.74 Å². The summed E-state index contributed by atoms with van der Waals surface area (Å²) >= 11 is 0. The number of nitrogens with zero attached hydrogens (tertiary/aromatic N) is 1. The Morgan fingerprint density at radius 3 is 2.64 bits per heavy atom. The molecule has 4 heteroatoms. The van der Waals surface area contributed by atoms with Gasteiger partial charge in [-0.05, 0) is 26.8 Å². The normalized spacial score (nSPS) is 11.1. The highest BCUT2D eigenvalue weighted by molar-refractivity contribution is 5.78. The van der Waals surface area contributed by atoms with E-state index in [9.17, 15) is 9.18 Å². The Bertz CT molecular complexity index is 344. The Kier molecular flexibility index (Phi) is 2.84. The van der Waals surface area contributed by atoms with Gasteiger partial charge in [0.15, 0.2) is 6.29 Å². The van der Waals surface area contributed by atoms with E-state index in [4.69, 9.17) is 4.74 Å². The number of rotatable bonds is 2. The Hall–Kier alpha value is -1.45. The minimum atomic E-state index is -0.804. The van der Waals surface area contributed by atoms with Crippen LogP contribution < -0.4 is 4.74 Å². The summed E-state index contributed by atoms with van der Waals surface area (Å²) in [5, 5.41) is 0. The van der Waals surface area contributed by atoms with Gasteiger partial charge in [-0.2, -0.15) is 4.39 Å². The summed E-state index contributed by atoms with van der Waals surface area (Å²) in [4.78, 5) is 13.9. The van der Waals surface area contributed by atoms with Gasteiger partial charge in [-0.1, -0.05) is 0 Å². The van der Waals surface area contributed by atoms with E-state index in [0.717, 1.165) is 0 Å².